The number of H-pyrrole nitrogens is 1. The number of aromatic amines is 1. The number of anilines is 1. The van der Waals surface area contributed by atoms with Gasteiger partial charge in [0.05, 0.1) is 0 Å². The van der Waals surface area contributed by atoms with Crippen LogP contribution in [0.3, 0.4) is 0 Å². The van der Waals surface area contributed by atoms with E-state index in [1.54, 1.807) is 0 Å². The first kappa shape index (κ1) is 12.5. The van der Waals surface area contributed by atoms with Crippen molar-refractivity contribution in [2.75, 3.05) is 5.73 Å². The van der Waals surface area contributed by atoms with Gasteiger partial charge in [-0.2, -0.15) is 5.10 Å². The van der Waals surface area contributed by atoms with Gasteiger partial charge >= 0.3 is 0 Å². The summed E-state index contributed by atoms with van der Waals surface area (Å²) in [6.45, 7) is 2.20. The fraction of sp³-hybridized carbons (Fsp3) is 0.786. The van der Waals surface area contributed by atoms with Crippen molar-refractivity contribution in [2.24, 2.45) is 5.92 Å². The highest BCUT2D eigenvalue weighted by atomic mass is 15.2. The van der Waals surface area contributed by atoms with Crippen LogP contribution in [0.25, 0.3) is 0 Å². The summed E-state index contributed by atoms with van der Waals surface area (Å²) in [7, 11) is 0. The Balaban J connectivity index is 2.01. The molecular weight excluding hydrogens is 210 g/mol. The molecule has 17 heavy (non-hydrogen) atoms. The highest BCUT2D eigenvalue weighted by Crippen LogP contribution is 2.27. The number of aromatic nitrogens is 2. The van der Waals surface area contributed by atoms with Crippen molar-refractivity contribution in [3.8, 4) is 0 Å². The summed E-state index contributed by atoms with van der Waals surface area (Å²) < 4.78 is 0. The van der Waals surface area contributed by atoms with E-state index in [1.807, 2.05) is 0 Å². The van der Waals surface area contributed by atoms with Crippen molar-refractivity contribution in [1.82, 2.24) is 10.2 Å². The zero-order valence-electron chi connectivity index (χ0n) is 11.0. The average Bonchev–Trinajstić information content (AvgIpc) is 2.57. The first-order valence-corrected chi connectivity index (χ1v) is 7.12. The lowest BCUT2D eigenvalue weighted by Gasteiger charge is -2.13. The zero-order valence-corrected chi connectivity index (χ0v) is 11.0. The standard InChI is InChI=1S/C14H25N3/c1-2-7-12-13(16-17-14(12)15)10-11-8-5-3-4-6-9-11/h11H,2-10H2,1H3,(H3,15,16,17). The summed E-state index contributed by atoms with van der Waals surface area (Å²) >= 11 is 0. The van der Waals surface area contributed by atoms with Crippen LogP contribution < -0.4 is 5.73 Å². The molecule has 3 heteroatoms. The van der Waals surface area contributed by atoms with E-state index in [0.29, 0.717) is 0 Å². The van der Waals surface area contributed by atoms with Crippen LogP contribution in [0.2, 0.25) is 0 Å². The van der Waals surface area contributed by atoms with Crippen LogP contribution in [0.5, 0.6) is 0 Å². The predicted molar refractivity (Wildman–Crippen MR) is 71.9 cm³/mol. The van der Waals surface area contributed by atoms with Crippen molar-refractivity contribution >= 4 is 5.82 Å². The molecule has 1 fully saturated rings. The molecule has 2 rings (SSSR count). The molecule has 0 amide bonds. The number of nitrogens with two attached hydrogens (primary N) is 1. The fourth-order valence-electron chi connectivity index (χ4n) is 2.97. The Labute approximate surface area is 104 Å². The van der Waals surface area contributed by atoms with Crippen LogP contribution in [0.15, 0.2) is 0 Å². The van der Waals surface area contributed by atoms with E-state index >= 15 is 0 Å². The van der Waals surface area contributed by atoms with Gasteiger partial charge in [-0.1, -0.05) is 51.9 Å². The van der Waals surface area contributed by atoms with Crippen LogP contribution in [0, 0.1) is 5.92 Å². The maximum absolute atomic E-state index is 5.92. The van der Waals surface area contributed by atoms with Gasteiger partial charge < -0.3 is 5.73 Å². The number of nitrogens with one attached hydrogen (secondary N) is 1. The molecule has 1 aliphatic carbocycles. The minimum atomic E-state index is 0.718. The highest BCUT2D eigenvalue weighted by Gasteiger charge is 2.17. The van der Waals surface area contributed by atoms with E-state index < -0.39 is 0 Å². The van der Waals surface area contributed by atoms with E-state index in [2.05, 4.69) is 17.1 Å². The van der Waals surface area contributed by atoms with Crippen molar-refractivity contribution in [2.45, 2.75) is 64.7 Å². The van der Waals surface area contributed by atoms with Crippen molar-refractivity contribution in [1.29, 1.82) is 0 Å². The molecule has 1 aliphatic rings. The zero-order chi connectivity index (χ0) is 12.1. The van der Waals surface area contributed by atoms with E-state index in [-0.39, 0.29) is 0 Å². The molecule has 0 radical (unpaired) electrons. The Kier molecular flexibility index (Phi) is 4.46. The minimum absolute atomic E-state index is 0.718. The van der Waals surface area contributed by atoms with Gasteiger partial charge in [-0.05, 0) is 18.8 Å². The lowest BCUT2D eigenvalue weighted by Crippen LogP contribution is -2.06. The molecule has 0 aromatic carbocycles. The lowest BCUT2D eigenvalue weighted by molar-refractivity contribution is 0.451. The summed E-state index contributed by atoms with van der Waals surface area (Å²) in [5.74, 6) is 1.56. The second kappa shape index (κ2) is 6.08. The number of nitrogen functional groups attached to an aromatic ring is 1. The largest absolute Gasteiger partial charge is 0.382 e. The summed E-state index contributed by atoms with van der Waals surface area (Å²) in [5.41, 5.74) is 8.50. The van der Waals surface area contributed by atoms with Gasteiger partial charge in [0.25, 0.3) is 0 Å². The van der Waals surface area contributed by atoms with Crippen molar-refractivity contribution < 1.29 is 0 Å². The molecule has 96 valence electrons. The van der Waals surface area contributed by atoms with E-state index in [9.17, 15) is 0 Å². The molecule has 0 atom stereocenters. The highest BCUT2D eigenvalue weighted by molar-refractivity contribution is 5.42. The summed E-state index contributed by atoms with van der Waals surface area (Å²) in [6, 6.07) is 0. The van der Waals surface area contributed by atoms with Crippen LogP contribution in [-0.2, 0) is 12.8 Å². The fourth-order valence-corrected chi connectivity index (χ4v) is 2.97. The predicted octanol–water partition coefficient (Wildman–Crippen LogP) is 3.46. The maximum Gasteiger partial charge on any atom is 0.148 e. The maximum atomic E-state index is 5.92. The topological polar surface area (TPSA) is 54.7 Å². The first-order valence-electron chi connectivity index (χ1n) is 7.12. The van der Waals surface area contributed by atoms with Crippen LogP contribution >= 0.6 is 0 Å². The Morgan fingerprint density at radius 3 is 2.59 bits per heavy atom. The van der Waals surface area contributed by atoms with Gasteiger partial charge in [-0.15, -0.1) is 0 Å². The quantitative estimate of drug-likeness (QED) is 0.785. The van der Waals surface area contributed by atoms with Crippen LogP contribution in [-0.4, -0.2) is 10.2 Å². The molecule has 3 N–H and O–H groups in total. The smallest absolute Gasteiger partial charge is 0.148 e. The molecular formula is C14H25N3. The van der Waals surface area contributed by atoms with E-state index in [1.165, 1.54) is 49.8 Å². The lowest BCUT2D eigenvalue weighted by atomic mass is 9.93. The van der Waals surface area contributed by atoms with Gasteiger partial charge in [0, 0.05) is 11.3 Å². The SMILES string of the molecule is CCCc1c(N)n[nH]c1CC1CCCCCC1. The third-order valence-corrected chi connectivity index (χ3v) is 3.95. The Morgan fingerprint density at radius 1 is 1.24 bits per heavy atom. The molecule has 3 nitrogen and oxygen atoms in total. The molecule has 0 saturated heterocycles. The van der Waals surface area contributed by atoms with Crippen molar-refractivity contribution in [3.63, 3.8) is 0 Å². The molecule has 1 aromatic heterocycles. The van der Waals surface area contributed by atoms with Crippen LogP contribution in [0.4, 0.5) is 5.82 Å². The molecule has 1 saturated carbocycles. The van der Waals surface area contributed by atoms with Gasteiger partial charge in [0.2, 0.25) is 0 Å². The molecule has 1 aromatic rings. The van der Waals surface area contributed by atoms with E-state index in [4.69, 9.17) is 5.73 Å². The summed E-state index contributed by atoms with van der Waals surface area (Å²) in [4.78, 5) is 0. The summed E-state index contributed by atoms with van der Waals surface area (Å²) in [6.07, 6.45) is 11.8. The third kappa shape index (κ3) is 3.24. The number of hydrogen-bond acceptors (Lipinski definition) is 2. The van der Waals surface area contributed by atoms with Crippen molar-refractivity contribution in [3.05, 3.63) is 11.3 Å². The van der Waals surface area contributed by atoms with Gasteiger partial charge in [0.15, 0.2) is 0 Å². The molecule has 0 bridgehead atoms. The molecule has 1 heterocycles. The molecule has 0 aliphatic heterocycles. The average molecular weight is 235 g/mol. The monoisotopic (exact) mass is 235 g/mol. The Bertz CT molecular complexity index is 335. The van der Waals surface area contributed by atoms with Crippen LogP contribution in [0.1, 0.15) is 63.1 Å². The Hall–Kier alpha value is -0.990. The van der Waals surface area contributed by atoms with Gasteiger partial charge in [-0.25, -0.2) is 0 Å². The van der Waals surface area contributed by atoms with Gasteiger partial charge in [-0.3, -0.25) is 5.10 Å². The second-order valence-corrected chi connectivity index (χ2v) is 5.38. The normalized spacial score (nSPS) is 18.2. The Morgan fingerprint density at radius 2 is 1.94 bits per heavy atom. The second-order valence-electron chi connectivity index (χ2n) is 5.38. The molecule has 0 spiro atoms. The minimum Gasteiger partial charge on any atom is -0.382 e. The summed E-state index contributed by atoms with van der Waals surface area (Å²) in [5, 5.41) is 7.33. The third-order valence-electron chi connectivity index (χ3n) is 3.95. The number of rotatable bonds is 4. The number of hydrogen-bond donors (Lipinski definition) is 2. The van der Waals surface area contributed by atoms with Gasteiger partial charge in [0.1, 0.15) is 5.82 Å². The van der Waals surface area contributed by atoms with E-state index in [0.717, 1.165) is 31.0 Å². The number of nitrogens with zero attached hydrogens (tertiary/aromatic N) is 1. The first-order chi connectivity index (χ1) is 8.31. The molecule has 0 unspecified atom stereocenters.